The molecular weight excluding hydrogens is 226 g/mol. The Balaban J connectivity index is 2.02. The van der Waals surface area contributed by atoms with E-state index >= 15 is 0 Å². The number of oxime groups is 1. The van der Waals surface area contributed by atoms with Crippen LogP contribution in [0, 0.1) is 0 Å². The first-order valence-corrected chi connectivity index (χ1v) is 6.14. The average molecular weight is 239 g/mol. The van der Waals surface area contributed by atoms with Gasteiger partial charge in [-0.25, -0.2) is 5.43 Å². The third kappa shape index (κ3) is 1.14. The first-order valence-electron chi connectivity index (χ1n) is 6.14. The van der Waals surface area contributed by atoms with Gasteiger partial charge >= 0.3 is 0 Å². The molecule has 0 radical (unpaired) electrons. The van der Waals surface area contributed by atoms with Crippen LogP contribution in [0.3, 0.4) is 0 Å². The van der Waals surface area contributed by atoms with E-state index in [0.29, 0.717) is 11.8 Å². The number of hydrogen-bond acceptors (Lipinski definition) is 4. The summed E-state index contributed by atoms with van der Waals surface area (Å²) >= 11 is 0. The number of nitrogens with one attached hydrogen (secondary N) is 2. The molecule has 1 saturated heterocycles. The highest BCUT2D eigenvalue weighted by Gasteiger charge is 2.36. The van der Waals surface area contributed by atoms with Crippen molar-refractivity contribution in [3.63, 3.8) is 0 Å². The van der Waals surface area contributed by atoms with Crippen LogP contribution in [0.5, 0.6) is 0 Å². The van der Waals surface area contributed by atoms with E-state index in [2.05, 4.69) is 28.1 Å². The van der Waals surface area contributed by atoms with E-state index in [4.69, 9.17) is 0 Å². The molecule has 0 saturated carbocycles. The summed E-state index contributed by atoms with van der Waals surface area (Å²) in [5.41, 5.74) is 13.0. The van der Waals surface area contributed by atoms with Gasteiger partial charge < -0.3 is 5.21 Å². The van der Waals surface area contributed by atoms with Crippen molar-refractivity contribution >= 4 is 11.3 Å². The summed E-state index contributed by atoms with van der Waals surface area (Å²) in [6.07, 6.45) is 3.22. The van der Waals surface area contributed by atoms with Gasteiger partial charge in [-0.1, -0.05) is 35.5 Å². The molecule has 0 bridgehead atoms. The molecule has 1 heterocycles. The fraction of sp³-hybridized carbons (Fsp3) is 0.214. The maximum Gasteiger partial charge on any atom is 0.118 e. The van der Waals surface area contributed by atoms with E-state index in [1.54, 1.807) is 0 Å². The Morgan fingerprint density at radius 2 is 2.06 bits per heavy atom. The number of nitrogens with zero attached hydrogens (tertiary/aromatic N) is 1. The van der Waals surface area contributed by atoms with Crippen molar-refractivity contribution in [1.82, 2.24) is 10.9 Å². The number of allylic oxidation sites excluding steroid dienone is 2. The smallest absolute Gasteiger partial charge is 0.118 e. The number of fused-ring (bicyclic) bond motifs is 4. The second-order valence-corrected chi connectivity index (χ2v) is 4.80. The van der Waals surface area contributed by atoms with Crippen molar-refractivity contribution in [3.05, 3.63) is 52.6 Å². The van der Waals surface area contributed by atoms with Gasteiger partial charge in [0.25, 0.3) is 0 Å². The lowest BCUT2D eigenvalue weighted by molar-refractivity contribution is 0.319. The summed E-state index contributed by atoms with van der Waals surface area (Å²) < 4.78 is 0. The van der Waals surface area contributed by atoms with Crippen LogP contribution in [0.4, 0.5) is 0 Å². The van der Waals surface area contributed by atoms with Crippen LogP contribution < -0.4 is 10.9 Å². The van der Waals surface area contributed by atoms with E-state index < -0.39 is 0 Å². The predicted octanol–water partition coefficient (Wildman–Crippen LogP) is 1.44. The predicted molar refractivity (Wildman–Crippen MR) is 69.3 cm³/mol. The van der Waals surface area contributed by atoms with E-state index in [9.17, 15) is 5.21 Å². The molecule has 18 heavy (non-hydrogen) atoms. The maximum absolute atomic E-state index is 9.36. The summed E-state index contributed by atoms with van der Waals surface area (Å²) in [5.74, 6) is 0. The van der Waals surface area contributed by atoms with Crippen molar-refractivity contribution in [2.24, 2.45) is 5.16 Å². The third-order valence-corrected chi connectivity index (χ3v) is 3.93. The fourth-order valence-corrected chi connectivity index (χ4v) is 3.14. The molecule has 0 aromatic heterocycles. The minimum absolute atomic E-state index is 0.329. The van der Waals surface area contributed by atoms with E-state index in [1.165, 1.54) is 16.7 Å². The molecule has 3 N–H and O–H groups in total. The zero-order chi connectivity index (χ0) is 12.1. The van der Waals surface area contributed by atoms with E-state index in [-0.39, 0.29) is 0 Å². The van der Waals surface area contributed by atoms with Crippen molar-refractivity contribution in [1.29, 1.82) is 0 Å². The molecule has 1 aliphatic heterocycles. The molecule has 4 heteroatoms. The normalized spacial score (nSPS) is 27.0. The number of rotatable bonds is 0. The lowest BCUT2D eigenvalue weighted by atomic mass is 9.88. The second kappa shape index (κ2) is 3.54. The topological polar surface area (TPSA) is 56.7 Å². The summed E-state index contributed by atoms with van der Waals surface area (Å²) in [7, 11) is 0. The van der Waals surface area contributed by atoms with Gasteiger partial charge in [0.1, 0.15) is 5.71 Å². The highest BCUT2D eigenvalue weighted by molar-refractivity contribution is 6.29. The number of hydrazine groups is 1. The van der Waals surface area contributed by atoms with Crippen LogP contribution in [0.25, 0.3) is 5.57 Å². The average Bonchev–Trinajstić information content (AvgIpc) is 3.00. The molecule has 2 aliphatic carbocycles. The first kappa shape index (κ1) is 10.1. The highest BCUT2D eigenvalue weighted by atomic mass is 16.4. The molecule has 1 atom stereocenters. The highest BCUT2D eigenvalue weighted by Crippen LogP contribution is 2.42. The van der Waals surface area contributed by atoms with Gasteiger partial charge in [0.05, 0.1) is 0 Å². The molecule has 1 fully saturated rings. The van der Waals surface area contributed by atoms with Crippen molar-refractivity contribution in [2.45, 2.75) is 12.5 Å². The molecule has 0 spiro atoms. The quantitative estimate of drug-likeness (QED) is 0.474. The standard InChI is InChI=1S/C14H13N3O/c18-17-14-10-4-2-1-3-8(10)9-5-6-12-11(13(9)14)7-15-16-12/h1-5,12,15-16,18H,6-7H2. The zero-order valence-corrected chi connectivity index (χ0v) is 9.77. The summed E-state index contributed by atoms with van der Waals surface area (Å²) in [6.45, 7) is 0.810. The van der Waals surface area contributed by atoms with Gasteiger partial charge in [-0.15, -0.1) is 0 Å². The third-order valence-electron chi connectivity index (χ3n) is 3.93. The van der Waals surface area contributed by atoms with Crippen molar-refractivity contribution in [3.8, 4) is 0 Å². The molecule has 90 valence electrons. The van der Waals surface area contributed by atoms with Crippen LogP contribution in [0.1, 0.15) is 17.5 Å². The largest absolute Gasteiger partial charge is 0.410 e. The Bertz CT molecular complexity index is 601. The van der Waals surface area contributed by atoms with Crippen molar-refractivity contribution in [2.75, 3.05) is 6.54 Å². The SMILES string of the molecule is ON=C1C2=C3CNNC3CC=C2c2ccccc21. The lowest BCUT2D eigenvalue weighted by Crippen LogP contribution is -2.30. The van der Waals surface area contributed by atoms with Gasteiger partial charge in [0.2, 0.25) is 0 Å². The van der Waals surface area contributed by atoms with Crippen LogP contribution >= 0.6 is 0 Å². The molecule has 3 aliphatic rings. The molecule has 4 rings (SSSR count). The molecule has 1 aromatic carbocycles. The lowest BCUT2D eigenvalue weighted by Gasteiger charge is -2.18. The molecule has 1 unspecified atom stereocenters. The molecule has 4 nitrogen and oxygen atoms in total. The number of benzene rings is 1. The minimum atomic E-state index is 0.329. The minimum Gasteiger partial charge on any atom is -0.410 e. The molecular formula is C14H13N3O. The van der Waals surface area contributed by atoms with E-state index in [1.807, 2.05) is 18.2 Å². The maximum atomic E-state index is 9.36. The summed E-state index contributed by atoms with van der Waals surface area (Å²) in [6, 6.07) is 8.45. The molecule has 1 aromatic rings. The van der Waals surface area contributed by atoms with Gasteiger partial charge in [-0.05, 0) is 23.1 Å². The Hall–Kier alpha value is -1.91. The van der Waals surface area contributed by atoms with Crippen LogP contribution in [0.2, 0.25) is 0 Å². The van der Waals surface area contributed by atoms with Crippen LogP contribution in [-0.4, -0.2) is 23.5 Å². The zero-order valence-electron chi connectivity index (χ0n) is 9.77. The van der Waals surface area contributed by atoms with Gasteiger partial charge in [-0.2, -0.15) is 0 Å². The van der Waals surface area contributed by atoms with Crippen molar-refractivity contribution < 1.29 is 5.21 Å². The second-order valence-electron chi connectivity index (χ2n) is 4.80. The Kier molecular flexibility index (Phi) is 1.98. The Morgan fingerprint density at radius 1 is 1.22 bits per heavy atom. The van der Waals surface area contributed by atoms with Gasteiger partial charge in [0.15, 0.2) is 0 Å². The summed E-state index contributed by atoms with van der Waals surface area (Å²) in [5, 5.41) is 12.9. The van der Waals surface area contributed by atoms with Gasteiger partial charge in [0, 0.05) is 23.7 Å². The summed E-state index contributed by atoms with van der Waals surface area (Å²) in [4.78, 5) is 0. The van der Waals surface area contributed by atoms with Crippen LogP contribution in [0.15, 0.2) is 46.6 Å². The fourth-order valence-electron chi connectivity index (χ4n) is 3.14. The van der Waals surface area contributed by atoms with Crippen LogP contribution in [-0.2, 0) is 0 Å². The Morgan fingerprint density at radius 3 is 2.89 bits per heavy atom. The monoisotopic (exact) mass is 239 g/mol. The molecule has 0 amide bonds. The first-order chi connectivity index (χ1) is 8.90. The Labute approximate surface area is 105 Å². The van der Waals surface area contributed by atoms with Gasteiger partial charge in [-0.3, -0.25) is 5.43 Å². The number of hydrogen-bond donors (Lipinski definition) is 3. The van der Waals surface area contributed by atoms with E-state index in [0.717, 1.165) is 24.1 Å².